The van der Waals surface area contributed by atoms with Gasteiger partial charge in [0.1, 0.15) is 5.75 Å². The normalized spacial score (nSPS) is 9.88. The number of halogens is 1. The Morgan fingerprint density at radius 2 is 1.71 bits per heavy atom. The van der Waals surface area contributed by atoms with E-state index in [1.807, 2.05) is 49.4 Å². The Balaban J connectivity index is 0.00000288. The van der Waals surface area contributed by atoms with Crippen molar-refractivity contribution in [3.63, 3.8) is 0 Å². The summed E-state index contributed by atoms with van der Waals surface area (Å²) in [6.45, 7) is 4.36. The van der Waals surface area contributed by atoms with Gasteiger partial charge in [0.05, 0.1) is 0 Å². The SMILES string of the molecule is CCNCCNC(=O)COc1ccccc1Cc1ccccc1.Cl. The molecule has 0 fully saturated rings. The molecule has 0 saturated carbocycles. The number of hydrogen-bond donors (Lipinski definition) is 2. The summed E-state index contributed by atoms with van der Waals surface area (Å²) >= 11 is 0. The number of benzene rings is 2. The van der Waals surface area contributed by atoms with Gasteiger partial charge in [0.25, 0.3) is 5.91 Å². The molecule has 0 spiro atoms. The standard InChI is InChI=1S/C19H24N2O2.ClH/c1-2-20-12-13-21-19(22)15-23-18-11-7-6-10-17(18)14-16-8-4-3-5-9-16;/h3-11,20H,2,12-15H2,1H3,(H,21,22);1H. The fraction of sp³-hybridized carbons (Fsp3) is 0.316. The molecule has 2 aromatic carbocycles. The zero-order valence-electron chi connectivity index (χ0n) is 14.0. The van der Waals surface area contributed by atoms with Crippen molar-refractivity contribution >= 4 is 18.3 Å². The van der Waals surface area contributed by atoms with E-state index < -0.39 is 0 Å². The molecular weight excluding hydrogens is 324 g/mol. The van der Waals surface area contributed by atoms with Crippen LogP contribution >= 0.6 is 12.4 Å². The van der Waals surface area contributed by atoms with Gasteiger partial charge >= 0.3 is 0 Å². The van der Waals surface area contributed by atoms with E-state index in [4.69, 9.17) is 4.74 Å². The Morgan fingerprint density at radius 1 is 1.00 bits per heavy atom. The van der Waals surface area contributed by atoms with Gasteiger partial charge in [-0.2, -0.15) is 0 Å². The maximum absolute atomic E-state index is 11.8. The molecule has 0 unspecified atom stereocenters. The van der Waals surface area contributed by atoms with Crippen LogP contribution < -0.4 is 15.4 Å². The molecule has 5 heteroatoms. The Hall–Kier alpha value is -2.04. The summed E-state index contributed by atoms with van der Waals surface area (Å²) < 4.78 is 5.70. The lowest BCUT2D eigenvalue weighted by Crippen LogP contribution is -2.34. The third-order valence-corrected chi connectivity index (χ3v) is 3.44. The summed E-state index contributed by atoms with van der Waals surface area (Å²) in [4.78, 5) is 11.8. The molecule has 0 aliphatic carbocycles. The first kappa shape index (κ1) is 20.0. The van der Waals surface area contributed by atoms with Gasteiger partial charge in [0, 0.05) is 19.5 Å². The third-order valence-electron chi connectivity index (χ3n) is 3.44. The first-order chi connectivity index (χ1) is 11.3. The molecule has 0 aliphatic rings. The summed E-state index contributed by atoms with van der Waals surface area (Å²) in [6.07, 6.45) is 0.791. The zero-order chi connectivity index (χ0) is 16.3. The van der Waals surface area contributed by atoms with Crippen LogP contribution in [0.3, 0.4) is 0 Å². The van der Waals surface area contributed by atoms with Gasteiger partial charge in [-0.3, -0.25) is 4.79 Å². The Morgan fingerprint density at radius 3 is 2.46 bits per heavy atom. The summed E-state index contributed by atoms with van der Waals surface area (Å²) in [7, 11) is 0. The molecule has 4 nitrogen and oxygen atoms in total. The van der Waals surface area contributed by atoms with Crippen LogP contribution in [0.2, 0.25) is 0 Å². The average molecular weight is 349 g/mol. The lowest BCUT2D eigenvalue weighted by molar-refractivity contribution is -0.123. The predicted molar refractivity (Wildman–Crippen MR) is 100.0 cm³/mol. The second-order valence-electron chi connectivity index (χ2n) is 5.26. The van der Waals surface area contributed by atoms with E-state index in [9.17, 15) is 4.79 Å². The number of rotatable bonds is 9. The van der Waals surface area contributed by atoms with Crippen LogP contribution in [-0.2, 0) is 11.2 Å². The highest BCUT2D eigenvalue weighted by Crippen LogP contribution is 2.21. The van der Waals surface area contributed by atoms with Crippen LogP contribution in [0.15, 0.2) is 54.6 Å². The van der Waals surface area contributed by atoms with Crippen molar-refractivity contribution in [1.82, 2.24) is 10.6 Å². The van der Waals surface area contributed by atoms with Gasteiger partial charge in [-0.15, -0.1) is 12.4 Å². The summed E-state index contributed by atoms with van der Waals surface area (Å²) in [6, 6.07) is 18.1. The van der Waals surface area contributed by atoms with Crippen molar-refractivity contribution < 1.29 is 9.53 Å². The molecule has 2 rings (SSSR count). The molecule has 0 aromatic heterocycles. The number of amides is 1. The first-order valence-electron chi connectivity index (χ1n) is 8.01. The summed E-state index contributed by atoms with van der Waals surface area (Å²) in [5.41, 5.74) is 2.30. The minimum absolute atomic E-state index is 0. The van der Waals surface area contributed by atoms with E-state index in [1.54, 1.807) is 0 Å². The maximum Gasteiger partial charge on any atom is 0.257 e. The molecule has 1 amide bonds. The number of likely N-dealkylation sites (N-methyl/N-ethyl adjacent to an activating group) is 1. The van der Waals surface area contributed by atoms with Crippen LogP contribution in [-0.4, -0.2) is 32.1 Å². The van der Waals surface area contributed by atoms with E-state index >= 15 is 0 Å². The Labute approximate surface area is 150 Å². The van der Waals surface area contributed by atoms with Crippen molar-refractivity contribution in [3.8, 4) is 5.75 Å². The molecule has 24 heavy (non-hydrogen) atoms. The van der Waals surface area contributed by atoms with Gasteiger partial charge < -0.3 is 15.4 Å². The van der Waals surface area contributed by atoms with E-state index in [0.717, 1.165) is 30.8 Å². The molecule has 130 valence electrons. The van der Waals surface area contributed by atoms with E-state index in [1.165, 1.54) is 5.56 Å². The minimum atomic E-state index is -0.0996. The molecular formula is C19H25ClN2O2. The number of hydrogen-bond acceptors (Lipinski definition) is 3. The summed E-state index contributed by atoms with van der Waals surface area (Å²) in [5, 5.41) is 5.99. The highest BCUT2D eigenvalue weighted by Gasteiger charge is 2.07. The zero-order valence-corrected chi connectivity index (χ0v) is 14.8. The fourth-order valence-electron chi connectivity index (χ4n) is 2.27. The van der Waals surface area contributed by atoms with Crippen LogP contribution in [0.1, 0.15) is 18.1 Å². The van der Waals surface area contributed by atoms with Crippen molar-refractivity contribution in [2.45, 2.75) is 13.3 Å². The maximum atomic E-state index is 11.8. The van der Waals surface area contributed by atoms with Gasteiger partial charge in [-0.1, -0.05) is 55.5 Å². The van der Waals surface area contributed by atoms with E-state index in [0.29, 0.717) is 6.54 Å². The van der Waals surface area contributed by atoms with Crippen LogP contribution in [0, 0.1) is 0 Å². The predicted octanol–water partition coefficient (Wildman–Crippen LogP) is 2.80. The smallest absolute Gasteiger partial charge is 0.257 e. The quantitative estimate of drug-likeness (QED) is 0.685. The largest absolute Gasteiger partial charge is 0.483 e. The van der Waals surface area contributed by atoms with Crippen molar-refractivity contribution in [1.29, 1.82) is 0 Å². The highest BCUT2D eigenvalue weighted by atomic mass is 35.5. The highest BCUT2D eigenvalue weighted by molar-refractivity contribution is 5.85. The fourth-order valence-corrected chi connectivity index (χ4v) is 2.27. The first-order valence-corrected chi connectivity index (χ1v) is 8.01. The van der Waals surface area contributed by atoms with E-state index in [2.05, 4.69) is 22.8 Å². The molecule has 2 aromatic rings. The molecule has 0 atom stereocenters. The van der Waals surface area contributed by atoms with E-state index in [-0.39, 0.29) is 24.9 Å². The number of carbonyl (C=O) groups excluding carboxylic acids is 1. The van der Waals surface area contributed by atoms with Gasteiger partial charge in [-0.05, 0) is 23.7 Å². The Bertz CT molecular complexity index is 605. The van der Waals surface area contributed by atoms with Crippen molar-refractivity contribution in [2.24, 2.45) is 0 Å². The van der Waals surface area contributed by atoms with Crippen molar-refractivity contribution in [2.75, 3.05) is 26.2 Å². The molecule has 0 aliphatic heterocycles. The number of para-hydroxylation sites is 1. The summed E-state index contributed by atoms with van der Waals surface area (Å²) in [5.74, 6) is 0.663. The third kappa shape index (κ3) is 7.02. The molecule has 2 N–H and O–H groups in total. The second kappa shape index (κ2) is 11.5. The minimum Gasteiger partial charge on any atom is -0.483 e. The number of carbonyl (C=O) groups is 1. The molecule has 0 saturated heterocycles. The van der Waals surface area contributed by atoms with Gasteiger partial charge in [0.2, 0.25) is 0 Å². The lowest BCUT2D eigenvalue weighted by atomic mass is 10.0. The molecule has 0 bridgehead atoms. The second-order valence-corrected chi connectivity index (χ2v) is 5.26. The lowest BCUT2D eigenvalue weighted by Gasteiger charge is -2.12. The van der Waals surface area contributed by atoms with Gasteiger partial charge in [-0.25, -0.2) is 0 Å². The van der Waals surface area contributed by atoms with Crippen LogP contribution in [0.4, 0.5) is 0 Å². The van der Waals surface area contributed by atoms with Crippen molar-refractivity contribution in [3.05, 3.63) is 65.7 Å². The van der Waals surface area contributed by atoms with Gasteiger partial charge in [0.15, 0.2) is 6.61 Å². The Kier molecular flexibility index (Phi) is 9.58. The monoisotopic (exact) mass is 348 g/mol. The number of nitrogens with one attached hydrogen (secondary N) is 2. The topological polar surface area (TPSA) is 50.4 Å². The molecule has 0 heterocycles. The van der Waals surface area contributed by atoms with Crippen LogP contribution in [0.25, 0.3) is 0 Å². The molecule has 0 radical (unpaired) electrons. The van der Waals surface area contributed by atoms with Crippen LogP contribution in [0.5, 0.6) is 5.75 Å². The average Bonchev–Trinajstić information content (AvgIpc) is 2.59. The number of ether oxygens (including phenoxy) is 1.